The molecule has 120 valence electrons. The summed E-state index contributed by atoms with van der Waals surface area (Å²) in [5.74, 6) is -1.38. The fourth-order valence-electron chi connectivity index (χ4n) is 2.48. The molecule has 0 aromatic heterocycles. The summed E-state index contributed by atoms with van der Waals surface area (Å²) in [6.07, 6.45) is 0. The highest BCUT2D eigenvalue weighted by Crippen LogP contribution is 2.27. The number of carbonyl (C=O) groups is 3. The number of hydrogen-bond donors (Lipinski definition) is 2. The molecule has 0 saturated carbocycles. The van der Waals surface area contributed by atoms with Crippen LogP contribution in [0.15, 0.2) is 24.3 Å². The second-order valence-corrected chi connectivity index (χ2v) is 5.29. The first-order valence-electron chi connectivity index (χ1n) is 6.93. The molecular formula is C15H20ClN3O3. The first-order valence-corrected chi connectivity index (χ1v) is 6.93. The molecule has 1 aliphatic rings. The van der Waals surface area contributed by atoms with Gasteiger partial charge < -0.3 is 11.1 Å². The van der Waals surface area contributed by atoms with E-state index in [2.05, 4.69) is 5.32 Å². The van der Waals surface area contributed by atoms with E-state index in [1.807, 2.05) is 0 Å². The van der Waals surface area contributed by atoms with Crippen molar-refractivity contribution in [2.24, 2.45) is 11.7 Å². The van der Waals surface area contributed by atoms with Gasteiger partial charge in [-0.15, -0.1) is 12.4 Å². The van der Waals surface area contributed by atoms with Crippen LogP contribution in [-0.2, 0) is 4.79 Å². The molecule has 3 amide bonds. The summed E-state index contributed by atoms with van der Waals surface area (Å²) in [5.41, 5.74) is 6.06. The Kier molecular flexibility index (Phi) is 6.08. The molecule has 3 N–H and O–H groups in total. The molecule has 0 bridgehead atoms. The van der Waals surface area contributed by atoms with Crippen molar-refractivity contribution in [1.82, 2.24) is 10.2 Å². The highest BCUT2D eigenvalue weighted by atomic mass is 35.5. The van der Waals surface area contributed by atoms with E-state index in [1.54, 1.807) is 38.1 Å². The van der Waals surface area contributed by atoms with Gasteiger partial charge in [0.15, 0.2) is 0 Å². The van der Waals surface area contributed by atoms with Crippen molar-refractivity contribution in [3.8, 4) is 0 Å². The Balaban J connectivity index is 0.00000242. The zero-order valence-corrected chi connectivity index (χ0v) is 13.4. The summed E-state index contributed by atoms with van der Waals surface area (Å²) in [4.78, 5) is 38.2. The molecule has 1 heterocycles. The second-order valence-electron chi connectivity index (χ2n) is 5.29. The number of nitrogens with one attached hydrogen (secondary N) is 1. The third-order valence-corrected chi connectivity index (χ3v) is 3.45. The van der Waals surface area contributed by atoms with Gasteiger partial charge in [-0.05, 0) is 18.1 Å². The number of fused-ring (bicyclic) bond motifs is 1. The van der Waals surface area contributed by atoms with Crippen molar-refractivity contribution in [1.29, 1.82) is 0 Å². The molecule has 1 unspecified atom stereocenters. The second kappa shape index (κ2) is 7.38. The number of nitrogens with zero attached hydrogens (tertiary/aromatic N) is 1. The highest BCUT2D eigenvalue weighted by Gasteiger charge is 2.43. The number of imide groups is 1. The van der Waals surface area contributed by atoms with E-state index >= 15 is 0 Å². The van der Waals surface area contributed by atoms with Crippen LogP contribution in [-0.4, -0.2) is 41.8 Å². The van der Waals surface area contributed by atoms with Crippen LogP contribution in [0.25, 0.3) is 0 Å². The Morgan fingerprint density at radius 1 is 1.18 bits per heavy atom. The fourth-order valence-corrected chi connectivity index (χ4v) is 2.48. The van der Waals surface area contributed by atoms with E-state index in [9.17, 15) is 14.4 Å². The van der Waals surface area contributed by atoms with Crippen molar-refractivity contribution in [2.75, 3.05) is 13.1 Å². The highest BCUT2D eigenvalue weighted by molar-refractivity contribution is 6.22. The number of hydrogen-bond acceptors (Lipinski definition) is 4. The van der Waals surface area contributed by atoms with Gasteiger partial charge in [0.25, 0.3) is 11.8 Å². The maximum Gasteiger partial charge on any atom is 0.262 e. The number of carbonyl (C=O) groups excluding carboxylic acids is 3. The Bertz CT molecular complexity index is 554. The molecule has 0 spiro atoms. The zero-order valence-electron chi connectivity index (χ0n) is 12.5. The average Bonchev–Trinajstić information content (AvgIpc) is 2.71. The third-order valence-electron chi connectivity index (χ3n) is 3.45. The van der Waals surface area contributed by atoms with Gasteiger partial charge in [0.2, 0.25) is 5.91 Å². The first-order chi connectivity index (χ1) is 9.99. The van der Waals surface area contributed by atoms with E-state index in [0.29, 0.717) is 24.2 Å². The number of rotatable bonds is 5. The summed E-state index contributed by atoms with van der Waals surface area (Å²) in [7, 11) is 0. The third kappa shape index (κ3) is 3.13. The van der Waals surface area contributed by atoms with Gasteiger partial charge in [-0.2, -0.15) is 0 Å². The molecule has 7 heteroatoms. The van der Waals surface area contributed by atoms with Gasteiger partial charge >= 0.3 is 0 Å². The van der Waals surface area contributed by atoms with Gasteiger partial charge in [-0.3, -0.25) is 19.3 Å². The van der Waals surface area contributed by atoms with Gasteiger partial charge in [0, 0.05) is 13.1 Å². The molecule has 6 nitrogen and oxygen atoms in total. The number of amides is 3. The molecule has 0 radical (unpaired) electrons. The van der Waals surface area contributed by atoms with Crippen LogP contribution in [0, 0.1) is 5.92 Å². The average molecular weight is 326 g/mol. The van der Waals surface area contributed by atoms with Gasteiger partial charge in [-0.25, -0.2) is 0 Å². The number of benzene rings is 1. The lowest BCUT2D eigenvalue weighted by Gasteiger charge is -2.28. The largest absolute Gasteiger partial charge is 0.353 e. The molecule has 1 aromatic rings. The lowest BCUT2D eigenvalue weighted by Crippen LogP contribution is -2.52. The standard InChI is InChI=1S/C15H19N3O3.ClH/c1-9(2)12(13(19)17-8-7-16)18-14(20)10-5-3-4-6-11(10)15(18)21;/h3-6,9,12H,7-8,16H2,1-2H3,(H,17,19);1H. The normalized spacial score (nSPS) is 14.6. The van der Waals surface area contributed by atoms with Crippen LogP contribution in [0.5, 0.6) is 0 Å². The summed E-state index contributed by atoms with van der Waals surface area (Å²) < 4.78 is 0. The van der Waals surface area contributed by atoms with Crippen LogP contribution < -0.4 is 11.1 Å². The van der Waals surface area contributed by atoms with Gasteiger partial charge in [0.05, 0.1) is 11.1 Å². The first kappa shape index (κ1) is 18.1. The minimum atomic E-state index is -0.830. The zero-order chi connectivity index (χ0) is 15.6. The molecular weight excluding hydrogens is 306 g/mol. The molecule has 1 aliphatic heterocycles. The lowest BCUT2D eigenvalue weighted by molar-refractivity contribution is -0.126. The van der Waals surface area contributed by atoms with E-state index in [4.69, 9.17) is 5.73 Å². The van der Waals surface area contributed by atoms with Crippen LogP contribution in [0.4, 0.5) is 0 Å². The molecule has 22 heavy (non-hydrogen) atoms. The predicted octanol–water partition coefficient (Wildman–Crippen LogP) is 0.804. The van der Waals surface area contributed by atoms with Crippen molar-refractivity contribution < 1.29 is 14.4 Å². The quantitative estimate of drug-likeness (QED) is 0.783. The van der Waals surface area contributed by atoms with Crippen LogP contribution in [0.2, 0.25) is 0 Å². The minimum absolute atomic E-state index is 0. The van der Waals surface area contributed by atoms with Gasteiger partial charge in [-0.1, -0.05) is 26.0 Å². The molecule has 0 fully saturated rings. The number of nitrogens with two attached hydrogens (primary N) is 1. The number of halogens is 1. The Hall–Kier alpha value is -1.92. The van der Waals surface area contributed by atoms with E-state index in [-0.39, 0.29) is 24.2 Å². The van der Waals surface area contributed by atoms with Crippen LogP contribution in [0.1, 0.15) is 34.6 Å². The van der Waals surface area contributed by atoms with Crippen LogP contribution in [0.3, 0.4) is 0 Å². The van der Waals surface area contributed by atoms with Crippen molar-refractivity contribution in [3.05, 3.63) is 35.4 Å². The monoisotopic (exact) mass is 325 g/mol. The molecule has 2 rings (SSSR count). The van der Waals surface area contributed by atoms with Crippen molar-refractivity contribution in [2.45, 2.75) is 19.9 Å². The molecule has 1 atom stereocenters. The molecule has 0 aliphatic carbocycles. The fraction of sp³-hybridized carbons (Fsp3) is 0.400. The smallest absolute Gasteiger partial charge is 0.262 e. The summed E-state index contributed by atoms with van der Waals surface area (Å²) in [6.45, 7) is 4.22. The van der Waals surface area contributed by atoms with E-state index in [1.165, 1.54) is 0 Å². The topological polar surface area (TPSA) is 92.5 Å². The van der Waals surface area contributed by atoms with E-state index < -0.39 is 17.9 Å². The Morgan fingerprint density at radius 2 is 1.68 bits per heavy atom. The van der Waals surface area contributed by atoms with Gasteiger partial charge in [0.1, 0.15) is 6.04 Å². The van der Waals surface area contributed by atoms with E-state index in [0.717, 1.165) is 4.90 Å². The lowest BCUT2D eigenvalue weighted by atomic mass is 10.0. The Labute approximate surface area is 135 Å². The predicted molar refractivity (Wildman–Crippen MR) is 84.9 cm³/mol. The maximum absolute atomic E-state index is 12.4. The SMILES string of the molecule is CC(C)C(C(=O)NCCN)N1C(=O)c2ccccc2C1=O.Cl. The summed E-state index contributed by atoms with van der Waals surface area (Å²) in [6, 6.07) is 5.78. The molecule has 1 aromatic carbocycles. The Morgan fingerprint density at radius 3 is 2.09 bits per heavy atom. The van der Waals surface area contributed by atoms with Crippen molar-refractivity contribution >= 4 is 30.1 Å². The van der Waals surface area contributed by atoms with Crippen molar-refractivity contribution in [3.63, 3.8) is 0 Å². The van der Waals surface area contributed by atoms with Crippen LogP contribution >= 0.6 is 12.4 Å². The molecule has 0 saturated heterocycles. The summed E-state index contributed by atoms with van der Waals surface area (Å²) >= 11 is 0. The summed E-state index contributed by atoms with van der Waals surface area (Å²) in [5, 5.41) is 2.65. The maximum atomic E-state index is 12.4. The minimum Gasteiger partial charge on any atom is -0.353 e.